The molecule has 4 aliphatic carbocycles. The number of fused-ring (bicyclic) bond motifs is 5. The molecule has 2 N–H and O–H groups in total. The van der Waals surface area contributed by atoms with Crippen molar-refractivity contribution in [3.8, 4) is 0 Å². The molecular formula is C25H41F3O2. The normalized spacial score (nSPS) is 50.9. The summed E-state index contributed by atoms with van der Waals surface area (Å²) in [5.74, 6) is 1.49. The number of alkyl halides is 3. The lowest BCUT2D eigenvalue weighted by atomic mass is 9.43. The number of aliphatic hydroxyl groups excluding tert-OH is 1. The Balaban J connectivity index is 1.54. The summed E-state index contributed by atoms with van der Waals surface area (Å²) in [5.41, 5.74) is -0.322. The van der Waals surface area contributed by atoms with Crippen molar-refractivity contribution in [3.63, 3.8) is 0 Å². The van der Waals surface area contributed by atoms with Gasteiger partial charge in [-0.1, -0.05) is 27.7 Å². The van der Waals surface area contributed by atoms with Crippen molar-refractivity contribution in [2.24, 2.45) is 46.3 Å². The molecule has 0 aliphatic heterocycles. The third-order valence-corrected chi connectivity index (χ3v) is 11.0. The van der Waals surface area contributed by atoms with Crippen LogP contribution in [0.2, 0.25) is 0 Å². The van der Waals surface area contributed by atoms with Crippen LogP contribution in [0, 0.1) is 46.3 Å². The van der Waals surface area contributed by atoms with E-state index in [-0.39, 0.29) is 16.7 Å². The molecule has 10 atom stereocenters. The summed E-state index contributed by atoms with van der Waals surface area (Å²) < 4.78 is 39.7. The summed E-state index contributed by atoms with van der Waals surface area (Å²) in [7, 11) is 0. The summed E-state index contributed by atoms with van der Waals surface area (Å²) in [6, 6.07) is 0. The Morgan fingerprint density at radius 2 is 1.60 bits per heavy atom. The molecule has 4 fully saturated rings. The van der Waals surface area contributed by atoms with E-state index in [0.717, 1.165) is 64.2 Å². The van der Waals surface area contributed by atoms with E-state index in [1.807, 2.05) is 0 Å². The second-order valence-corrected chi connectivity index (χ2v) is 12.0. The van der Waals surface area contributed by atoms with E-state index in [9.17, 15) is 23.4 Å². The smallest absolute Gasteiger partial charge is 0.390 e. The molecule has 4 saturated carbocycles. The third kappa shape index (κ3) is 3.36. The highest BCUT2D eigenvalue weighted by Crippen LogP contribution is 2.69. The van der Waals surface area contributed by atoms with Crippen molar-refractivity contribution in [3.05, 3.63) is 0 Å². The number of hydrogen-bond acceptors (Lipinski definition) is 2. The fraction of sp³-hybridized carbons (Fsp3) is 1.00. The Kier molecular flexibility index (Phi) is 5.62. The molecule has 0 aromatic carbocycles. The van der Waals surface area contributed by atoms with Crippen LogP contribution in [0.25, 0.3) is 0 Å². The van der Waals surface area contributed by atoms with Gasteiger partial charge in [0.1, 0.15) is 0 Å². The third-order valence-electron chi connectivity index (χ3n) is 11.0. The predicted molar refractivity (Wildman–Crippen MR) is 112 cm³/mol. The van der Waals surface area contributed by atoms with Gasteiger partial charge in [0.15, 0.2) is 6.10 Å². The molecule has 0 unspecified atom stereocenters. The number of hydrogen-bond donors (Lipinski definition) is 2. The van der Waals surface area contributed by atoms with Gasteiger partial charge in [0.2, 0.25) is 0 Å². The zero-order chi connectivity index (χ0) is 22.1. The topological polar surface area (TPSA) is 40.5 Å². The highest BCUT2D eigenvalue weighted by atomic mass is 19.4. The first-order valence-electron chi connectivity index (χ1n) is 12.3. The minimum absolute atomic E-state index is 0.0536. The van der Waals surface area contributed by atoms with Gasteiger partial charge in [0.05, 0.1) is 5.60 Å². The SMILES string of the molecule is CC[C@]1(O)CC[C@@]2(C)[C@@H](CC[C@@H]3[C@@H]2CC[C@]2(C)[C@@H]([C@H](C)[C@H](O)C(F)(F)F)CC[C@@H]32)C1. The Labute approximate surface area is 180 Å². The summed E-state index contributed by atoms with van der Waals surface area (Å²) >= 11 is 0. The zero-order valence-electron chi connectivity index (χ0n) is 19.1. The minimum Gasteiger partial charge on any atom is -0.390 e. The highest BCUT2D eigenvalue weighted by molar-refractivity contribution is 5.11. The zero-order valence-corrected chi connectivity index (χ0v) is 19.1. The lowest BCUT2D eigenvalue weighted by Gasteiger charge is -2.62. The van der Waals surface area contributed by atoms with Gasteiger partial charge in [-0.15, -0.1) is 0 Å². The van der Waals surface area contributed by atoms with Gasteiger partial charge in [-0.3, -0.25) is 0 Å². The van der Waals surface area contributed by atoms with Crippen LogP contribution in [0.3, 0.4) is 0 Å². The van der Waals surface area contributed by atoms with Crippen molar-refractivity contribution < 1.29 is 23.4 Å². The maximum atomic E-state index is 13.2. The Hall–Kier alpha value is -0.290. The molecule has 2 nitrogen and oxygen atoms in total. The fourth-order valence-corrected chi connectivity index (χ4v) is 9.07. The standard InChI is InChI=1S/C25H41F3O2/c1-5-24(30)13-12-22(3)16(14-24)6-7-17-19-9-8-18(15(2)21(29)25(26,27)28)23(19,4)11-10-20(17)22/h15-21,29-30H,5-14H2,1-4H3/t15-,16-,17-,18+,19-,20-,21-,22-,23+,24-/m0/s1. The molecule has 0 radical (unpaired) electrons. The maximum Gasteiger partial charge on any atom is 0.414 e. The van der Waals surface area contributed by atoms with Crippen molar-refractivity contribution >= 4 is 0 Å². The van der Waals surface area contributed by atoms with Crippen LogP contribution >= 0.6 is 0 Å². The van der Waals surface area contributed by atoms with Crippen LogP contribution in [0.1, 0.15) is 91.9 Å². The van der Waals surface area contributed by atoms with E-state index in [1.165, 1.54) is 0 Å². The van der Waals surface area contributed by atoms with Gasteiger partial charge in [0, 0.05) is 0 Å². The van der Waals surface area contributed by atoms with Crippen molar-refractivity contribution in [1.29, 1.82) is 0 Å². The molecule has 30 heavy (non-hydrogen) atoms. The van der Waals surface area contributed by atoms with Gasteiger partial charge in [-0.25, -0.2) is 0 Å². The van der Waals surface area contributed by atoms with Crippen LogP contribution in [0.5, 0.6) is 0 Å². The molecule has 0 saturated heterocycles. The van der Waals surface area contributed by atoms with Crippen molar-refractivity contribution in [2.75, 3.05) is 0 Å². The van der Waals surface area contributed by atoms with Gasteiger partial charge < -0.3 is 10.2 Å². The van der Waals surface area contributed by atoms with E-state index in [4.69, 9.17) is 0 Å². The number of rotatable bonds is 3. The summed E-state index contributed by atoms with van der Waals surface area (Å²) in [6.45, 7) is 8.40. The largest absolute Gasteiger partial charge is 0.414 e. The monoisotopic (exact) mass is 430 g/mol. The van der Waals surface area contributed by atoms with Gasteiger partial charge in [-0.05, 0) is 111 Å². The lowest BCUT2D eigenvalue weighted by molar-refractivity contribution is -0.228. The molecule has 4 rings (SSSR count). The first-order valence-corrected chi connectivity index (χ1v) is 12.3. The summed E-state index contributed by atoms with van der Waals surface area (Å²) in [4.78, 5) is 0. The Morgan fingerprint density at radius 3 is 2.23 bits per heavy atom. The van der Waals surface area contributed by atoms with Crippen LogP contribution in [0.15, 0.2) is 0 Å². The molecule has 174 valence electrons. The molecule has 0 spiro atoms. The summed E-state index contributed by atoms with van der Waals surface area (Å²) in [6.07, 6.45) is 3.19. The van der Waals surface area contributed by atoms with Crippen LogP contribution in [-0.2, 0) is 0 Å². The van der Waals surface area contributed by atoms with E-state index < -0.39 is 23.8 Å². The van der Waals surface area contributed by atoms with E-state index in [2.05, 4.69) is 20.8 Å². The van der Waals surface area contributed by atoms with Crippen LogP contribution < -0.4 is 0 Å². The lowest BCUT2D eigenvalue weighted by Crippen LogP contribution is -2.56. The molecule has 5 heteroatoms. The fourth-order valence-electron chi connectivity index (χ4n) is 9.07. The predicted octanol–water partition coefficient (Wildman–Crippen LogP) is 6.35. The van der Waals surface area contributed by atoms with Gasteiger partial charge in [0.25, 0.3) is 0 Å². The van der Waals surface area contributed by atoms with Crippen LogP contribution in [-0.4, -0.2) is 28.1 Å². The van der Waals surface area contributed by atoms with Crippen molar-refractivity contribution in [1.82, 2.24) is 0 Å². The van der Waals surface area contributed by atoms with E-state index >= 15 is 0 Å². The molecule has 4 aliphatic rings. The molecular weight excluding hydrogens is 389 g/mol. The first kappa shape index (κ1) is 22.9. The van der Waals surface area contributed by atoms with E-state index in [1.54, 1.807) is 6.92 Å². The molecule has 0 heterocycles. The van der Waals surface area contributed by atoms with Gasteiger partial charge in [-0.2, -0.15) is 13.2 Å². The number of halogens is 3. The molecule has 0 bridgehead atoms. The minimum atomic E-state index is -4.53. The quantitative estimate of drug-likeness (QED) is 0.548. The second-order valence-electron chi connectivity index (χ2n) is 12.0. The average molecular weight is 431 g/mol. The van der Waals surface area contributed by atoms with E-state index in [0.29, 0.717) is 23.7 Å². The first-order chi connectivity index (χ1) is 13.9. The maximum absolute atomic E-state index is 13.2. The molecule has 0 aromatic heterocycles. The highest BCUT2D eigenvalue weighted by Gasteiger charge is 2.62. The van der Waals surface area contributed by atoms with Crippen LogP contribution in [0.4, 0.5) is 13.2 Å². The molecule has 0 amide bonds. The average Bonchev–Trinajstić information content (AvgIpc) is 3.04. The summed E-state index contributed by atoms with van der Waals surface area (Å²) in [5, 5.41) is 20.9. The Bertz CT molecular complexity index is 651. The van der Waals surface area contributed by atoms with Gasteiger partial charge >= 0.3 is 6.18 Å². The molecule has 0 aromatic rings. The van der Waals surface area contributed by atoms with Crippen molar-refractivity contribution in [2.45, 2.75) is 110 Å². The Morgan fingerprint density at radius 1 is 0.933 bits per heavy atom. The second kappa shape index (κ2) is 7.37. The number of aliphatic hydroxyl groups is 2.